The van der Waals surface area contributed by atoms with Crippen LogP contribution in [0.5, 0.6) is 0 Å². The summed E-state index contributed by atoms with van der Waals surface area (Å²) in [5.74, 6) is 0.897. The second kappa shape index (κ2) is 6.05. The lowest BCUT2D eigenvalue weighted by Crippen LogP contribution is -2.08. The first-order valence-corrected chi connectivity index (χ1v) is 6.34. The van der Waals surface area contributed by atoms with E-state index >= 15 is 0 Å². The predicted octanol–water partition coefficient (Wildman–Crippen LogP) is 4.28. The first-order valence-electron chi connectivity index (χ1n) is 6.34. The molecule has 1 rings (SSSR count). The Morgan fingerprint density at radius 2 is 1.50 bits per heavy atom. The molecular formula is C15H24O. The van der Waals surface area contributed by atoms with Gasteiger partial charge in [0.05, 0.1) is 6.10 Å². The molecule has 1 aromatic carbocycles. The quantitative estimate of drug-likeness (QED) is 0.785. The van der Waals surface area contributed by atoms with E-state index in [2.05, 4.69) is 52.0 Å². The molecule has 16 heavy (non-hydrogen) atoms. The van der Waals surface area contributed by atoms with Crippen molar-refractivity contribution in [3.63, 3.8) is 0 Å². The molecule has 1 nitrogen and oxygen atoms in total. The number of hydrogen-bond acceptors (Lipinski definition) is 1. The van der Waals surface area contributed by atoms with Crippen LogP contribution < -0.4 is 0 Å². The molecule has 1 N–H and O–H groups in total. The van der Waals surface area contributed by atoms with Crippen molar-refractivity contribution < 1.29 is 5.11 Å². The van der Waals surface area contributed by atoms with Crippen molar-refractivity contribution in [1.82, 2.24) is 0 Å². The fourth-order valence-corrected chi connectivity index (χ4v) is 2.02. The van der Waals surface area contributed by atoms with Gasteiger partial charge in [-0.1, -0.05) is 58.4 Å². The lowest BCUT2D eigenvalue weighted by atomic mass is 9.92. The fourth-order valence-electron chi connectivity index (χ4n) is 2.02. The molecule has 0 fully saturated rings. The van der Waals surface area contributed by atoms with E-state index in [0.29, 0.717) is 11.8 Å². The summed E-state index contributed by atoms with van der Waals surface area (Å²) in [5.41, 5.74) is 2.38. The van der Waals surface area contributed by atoms with Crippen molar-refractivity contribution >= 4 is 0 Å². The maximum absolute atomic E-state index is 10.1. The highest BCUT2D eigenvalue weighted by Crippen LogP contribution is 2.26. The molecule has 0 aliphatic heterocycles. The summed E-state index contributed by atoms with van der Waals surface area (Å²) in [6, 6.07) is 8.38. The van der Waals surface area contributed by atoms with Crippen LogP contribution in [-0.4, -0.2) is 5.11 Å². The number of aliphatic hydroxyl groups excluding tert-OH is 1. The topological polar surface area (TPSA) is 20.2 Å². The third-order valence-electron chi connectivity index (χ3n) is 3.23. The molecule has 0 amide bonds. The van der Waals surface area contributed by atoms with Crippen molar-refractivity contribution in [2.24, 2.45) is 5.92 Å². The van der Waals surface area contributed by atoms with Crippen molar-refractivity contribution in [2.75, 3.05) is 0 Å². The van der Waals surface area contributed by atoms with Gasteiger partial charge < -0.3 is 5.11 Å². The number of aliphatic hydroxyl groups is 1. The van der Waals surface area contributed by atoms with Gasteiger partial charge in [-0.2, -0.15) is 0 Å². The SMILES string of the molecule is CCCC(C)C(O)c1ccc(C(C)C)cc1. The second-order valence-corrected chi connectivity index (χ2v) is 5.03. The Morgan fingerprint density at radius 3 is 1.94 bits per heavy atom. The van der Waals surface area contributed by atoms with Gasteiger partial charge in [-0.05, 0) is 29.4 Å². The fraction of sp³-hybridized carbons (Fsp3) is 0.600. The first-order chi connectivity index (χ1) is 7.56. The van der Waals surface area contributed by atoms with E-state index in [1.54, 1.807) is 0 Å². The molecule has 0 aliphatic carbocycles. The molecule has 0 heterocycles. The number of benzene rings is 1. The summed E-state index contributed by atoms with van der Waals surface area (Å²) in [6.07, 6.45) is 1.89. The van der Waals surface area contributed by atoms with Crippen LogP contribution in [-0.2, 0) is 0 Å². The molecule has 0 bridgehead atoms. The van der Waals surface area contributed by atoms with Gasteiger partial charge in [0, 0.05) is 0 Å². The van der Waals surface area contributed by atoms with E-state index in [1.165, 1.54) is 5.56 Å². The van der Waals surface area contributed by atoms with Crippen LogP contribution in [0.15, 0.2) is 24.3 Å². The highest BCUT2D eigenvalue weighted by molar-refractivity contribution is 5.26. The van der Waals surface area contributed by atoms with E-state index < -0.39 is 0 Å². The van der Waals surface area contributed by atoms with Crippen LogP contribution in [0, 0.1) is 5.92 Å². The van der Waals surface area contributed by atoms with E-state index in [-0.39, 0.29) is 6.10 Å². The Morgan fingerprint density at radius 1 is 1.00 bits per heavy atom. The maximum Gasteiger partial charge on any atom is 0.0815 e. The van der Waals surface area contributed by atoms with Gasteiger partial charge in [0.1, 0.15) is 0 Å². The summed E-state index contributed by atoms with van der Waals surface area (Å²) in [7, 11) is 0. The zero-order valence-corrected chi connectivity index (χ0v) is 10.9. The number of hydrogen-bond donors (Lipinski definition) is 1. The van der Waals surface area contributed by atoms with Crippen molar-refractivity contribution in [3.05, 3.63) is 35.4 Å². The maximum atomic E-state index is 10.1. The van der Waals surface area contributed by atoms with Gasteiger partial charge in [-0.25, -0.2) is 0 Å². The molecule has 1 heteroatoms. The van der Waals surface area contributed by atoms with Crippen LogP contribution in [0.25, 0.3) is 0 Å². The Balaban J connectivity index is 2.73. The largest absolute Gasteiger partial charge is 0.388 e. The van der Waals surface area contributed by atoms with E-state index in [4.69, 9.17) is 0 Å². The van der Waals surface area contributed by atoms with Gasteiger partial charge in [-0.3, -0.25) is 0 Å². The van der Waals surface area contributed by atoms with Crippen LogP contribution >= 0.6 is 0 Å². The normalized spacial score (nSPS) is 15.1. The van der Waals surface area contributed by atoms with Gasteiger partial charge in [0.2, 0.25) is 0 Å². The Labute approximate surface area is 99.5 Å². The first kappa shape index (κ1) is 13.2. The lowest BCUT2D eigenvalue weighted by Gasteiger charge is -2.19. The highest BCUT2D eigenvalue weighted by atomic mass is 16.3. The summed E-state index contributed by atoms with van der Waals surface area (Å²) in [4.78, 5) is 0. The Kier molecular flexibility index (Phi) is 5.01. The van der Waals surface area contributed by atoms with Gasteiger partial charge in [0.25, 0.3) is 0 Å². The molecule has 0 spiro atoms. The minimum Gasteiger partial charge on any atom is -0.388 e. The average Bonchev–Trinajstić information content (AvgIpc) is 2.28. The van der Waals surface area contributed by atoms with E-state index in [1.807, 2.05) is 0 Å². The molecule has 0 saturated heterocycles. The standard InChI is InChI=1S/C15H24O/c1-5-6-12(4)15(16)14-9-7-13(8-10-14)11(2)3/h7-12,15-16H,5-6H2,1-4H3. The molecule has 2 atom stereocenters. The highest BCUT2D eigenvalue weighted by Gasteiger charge is 2.15. The Bertz CT molecular complexity index is 300. The smallest absolute Gasteiger partial charge is 0.0815 e. The molecular weight excluding hydrogens is 196 g/mol. The molecule has 0 aliphatic rings. The summed E-state index contributed by atoms with van der Waals surface area (Å²) in [5, 5.41) is 10.1. The minimum atomic E-state index is -0.318. The molecule has 0 aromatic heterocycles. The van der Waals surface area contributed by atoms with Crippen molar-refractivity contribution in [2.45, 2.75) is 52.6 Å². The van der Waals surface area contributed by atoms with Crippen molar-refractivity contribution in [3.8, 4) is 0 Å². The number of rotatable bonds is 5. The molecule has 0 saturated carbocycles. The lowest BCUT2D eigenvalue weighted by molar-refractivity contribution is 0.112. The molecule has 1 aromatic rings. The minimum absolute atomic E-state index is 0.318. The zero-order chi connectivity index (χ0) is 12.1. The summed E-state index contributed by atoms with van der Waals surface area (Å²) >= 11 is 0. The van der Waals surface area contributed by atoms with Crippen LogP contribution in [0.3, 0.4) is 0 Å². The summed E-state index contributed by atoms with van der Waals surface area (Å²) < 4.78 is 0. The average molecular weight is 220 g/mol. The van der Waals surface area contributed by atoms with Gasteiger partial charge in [0.15, 0.2) is 0 Å². The molecule has 2 unspecified atom stereocenters. The van der Waals surface area contributed by atoms with Gasteiger partial charge in [-0.15, -0.1) is 0 Å². The molecule has 0 radical (unpaired) electrons. The Hall–Kier alpha value is -0.820. The molecule has 90 valence electrons. The monoisotopic (exact) mass is 220 g/mol. The third kappa shape index (κ3) is 3.34. The van der Waals surface area contributed by atoms with Crippen LogP contribution in [0.2, 0.25) is 0 Å². The van der Waals surface area contributed by atoms with Crippen LogP contribution in [0.4, 0.5) is 0 Å². The zero-order valence-electron chi connectivity index (χ0n) is 10.9. The van der Waals surface area contributed by atoms with E-state index in [9.17, 15) is 5.11 Å². The van der Waals surface area contributed by atoms with Crippen LogP contribution in [0.1, 0.15) is 63.7 Å². The summed E-state index contributed by atoms with van der Waals surface area (Å²) in [6.45, 7) is 8.64. The predicted molar refractivity (Wildman–Crippen MR) is 69.6 cm³/mol. The van der Waals surface area contributed by atoms with Crippen molar-refractivity contribution in [1.29, 1.82) is 0 Å². The van der Waals surface area contributed by atoms with Gasteiger partial charge >= 0.3 is 0 Å². The van der Waals surface area contributed by atoms with E-state index in [0.717, 1.165) is 18.4 Å². The third-order valence-corrected chi connectivity index (χ3v) is 3.23. The second-order valence-electron chi connectivity index (χ2n) is 5.03.